The summed E-state index contributed by atoms with van der Waals surface area (Å²) in [4.78, 5) is 4.52. The SMILES string of the molecule is O[C@H](c1ccccc1)c1ccc2cc(Br)ccc2n1. The molecule has 94 valence electrons. The first-order valence-corrected chi connectivity index (χ1v) is 6.82. The number of halogens is 1. The molecule has 1 atom stereocenters. The number of hydrogen-bond acceptors (Lipinski definition) is 2. The summed E-state index contributed by atoms with van der Waals surface area (Å²) in [5.41, 5.74) is 2.41. The second-order valence-corrected chi connectivity index (χ2v) is 5.30. The molecule has 0 amide bonds. The number of aliphatic hydroxyl groups is 1. The molecule has 1 heterocycles. The van der Waals surface area contributed by atoms with Crippen LogP contribution in [0.2, 0.25) is 0 Å². The Morgan fingerprint density at radius 2 is 1.74 bits per heavy atom. The smallest absolute Gasteiger partial charge is 0.121 e. The maximum atomic E-state index is 10.3. The van der Waals surface area contributed by atoms with Crippen molar-refractivity contribution in [1.29, 1.82) is 0 Å². The number of rotatable bonds is 2. The van der Waals surface area contributed by atoms with Gasteiger partial charge in [-0.05, 0) is 29.8 Å². The summed E-state index contributed by atoms with van der Waals surface area (Å²) in [6, 6.07) is 19.3. The number of hydrogen-bond donors (Lipinski definition) is 1. The van der Waals surface area contributed by atoms with E-state index >= 15 is 0 Å². The Morgan fingerprint density at radius 3 is 2.53 bits per heavy atom. The van der Waals surface area contributed by atoms with E-state index in [1.165, 1.54) is 0 Å². The lowest BCUT2D eigenvalue weighted by atomic mass is 10.1. The summed E-state index contributed by atoms with van der Waals surface area (Å²) < 4.78 is 1.03. The van der Waals surface area contributed by atoms with Gasteiger partial charge in [-0.2, -0.15) is 0 Å². The van der Waals surface area contributed by atoms with Crippen molar-refractivity contribution in [3.63, 3.8) is 0 Å². The van der Waals surface area contributed by atoms with Gasteiger partial charge in [0.25, 0.3) is 0 Å². The van der Waals surface area contributed by atoms with E-state index in [9.17, 15) is 5.11 Å². The minimum atomic E-state index is -0.686. The molecule has 1 N–H and O–H groups in total. The van der Waals surface area contributed by atoms with E-state index < -0.39 is 6.10 Å². The van der Waals surface area contributed by atoms with Crippen molar-refractivity contribution in [3.8, 4) is 0 Å². The topological polar surface area (TPSA) is 33.1 Å². The van der Waals surface area contributed by atoms with Crippen LogP contribution in [-0.4, -0.2) is 10.1 Å². The van der Waals surface area contributed by atoms with Crippen LogP contribution in [0.5, 0.6) is 0 Å². The zero-order valence-electron chi connectivity index (χ0n) is 10.1. The molecule has 2 nitrogen and oxygen atoms in total. The first-order valence-electron chi connectivity index (χ1n) is 6.03. The number of aromatic nitrogens is 1. The van der Waals surface area contributed by atoms with Crippen LogP contribution in [0.4, 0.5) is 0 Å². The van der Waals surface area contributed by atoms with E-state index in [0.717, 1.165) is 20.9 Å². The highest BCUT2D eigenvalue weighted by atomic mass is 79.9. The van der Waals surface area contributed by atoms with Crippen molar-refractivity contribution in [2.24, 2.45) is 0 Å². The standard InChI is InChI=1S/C16H12BrNO/c17-13-7-9-14-12(10-13)6-8-15(18-14)16(19)11-4-2-1-3-5-11/h1-10,16,19H/t16-/m1/s1. The van der Waals surface area contributed by atoms with E-state index in [0.29, 0.717) is 5.69 Å². The normalized spacial score (nSPS) is 12.5. The van der Waals surface area contributed by atoms with Gasteiger partial charge in [0.15, 0.2) is 0 Å². The van der Waals surface area contributed by atoms with Crippen molar-refractivity contribution >= 4 is 26.8 Å². The van der Waals surface area contributed by atoms with Crippen LogP contribution in [0.15, 0.2) is 65.1 Å². The summed E-state index contributed by atoms with van der Waals surface area (Å²) in [5.74, 6) is 0. The third kappa shape index (κ3) is 2.53. The average Bonchev–Trinajstić information content (AvgIpc) is 2.47. The minimum Gasteiger partial charge on any atom is -0.382 e. The van der Waals surface area contributed by atoms with E-state index in [1.54, 1.807) is 0 Å². The number of benzene rings is 2. The fraction of sp³-hybridized carbons (Fsp3) is 0.0625. The first kappa shape index (κ1) is 12.3. The van der Waals surface area contributed by atoms with Crippen molar-refractivity contribution in [1.82, 2.24) is 4.98 Å². The Labute approximate surface area is 119 Å². The maximum Gasteiger partial charge on any atom is 0.121 e. The Hall–Kier alpha value is -1.71. The molecule has 3 heteroatoms. The molecular formula is C16H12BrNO. The fourth-order valence-electron chi connectivity index (χ4n) is 2.07. The molecule has 0 spiro atoms. The minimum absolute atomic E-state index is 0.668. The molecular weight excluding hydrogens is 302 g/mol. The lowest BCUT2D eigenvalue weighted by molar-refractivity contribution is 0.216. The van der Waals surface area contributed by atoms with Crippen molar-refractivity contribution in [3.05, 3.63) is 76.4 Å². The third-order valence-corrected chi connectivity index (χ3v) is 3.56. The first-order chi connectivity index (χ1) is 9.24. The Kier molecular flexibility index (Phi) is 3.32. The summed E-state index contributed by atoms with van der Waals surface area (Å²) in [5, 5.41) is 11.4. The van der Waals surface area contributed by atoms with Gasteiger partial charge in [0.2, 0.25) is 0 Å². The van der Waals surface area contributed by atoms with Gasteiger partial charge in [-0.3, -0.25) is 0 Å². The molecule has 3 aromatic rings. The highest BCUT2D eigenvalue weighted by molar-refractivity contribution is 9.10. The summed E-state index contributed by atoms with van der Waals surface area (Å²) in [6.07, 6.45) is -0.686. The van der Waals surface area contributed by atoms with E-state index in [2.05, 4.69) is 20.9 Å². The van der Waals surface area contributed by atoms with Gasteiger partial charge >= 0.3 is 0 Å². The van der Waals surface area contributed by atoms with Gasteiger partial charge in [-0.25, -0.2) is 4.98 Å². The quantitative estimate of drug-likeness (QED) is 0.773. The molecule has 0 fully saturated rings. The van der Waals surface area contributed by atoms with Crippen molar-refractivity contribution in [2.75, 3.05) is 0 Å². The third-order valence-electron chi connectivity index (χ3n) is 3.07. The summed E-state index contributed by atoms with van der Waals surface area (Å²) in [7, 11) is 0. The van der Waals surface area contributed by atoms with E-state index in [1.807, 2.05) is 60.7 Å². The largest absolute Gasteiger partial charge is 0.382 e. The van der Waals surface area contributed by atoms with Gasteiger partial charge in [-0.1, -0.05) is 52.3 Å². The van der Waals surface area contributed by atoms with Gasteiger partial charge in [0, 0.05) is 9.86 Å². The van der Waals surface area contributed by atoms with Gasteiger partial charge < -0.3 is 5.11 Å². The second-order valence-electron chi connectivity index (χ2n) is 4.39. The fourth-order valence-corrected chi connectivity index (χ4v) is 2.45. The Morgan fingerprint density at radius 1 is 0.947 bits per heavy atom. The molecule has 0 bridgehead atoms. The van der Waals surface area contributed by atoms with Crippen LogP contribution in [0, 0.1) is 0 Å². The van der Waals surface area contributed by atoms with Crippen LogP contribution in [-0.2, 0) is 0 Å². The van der Waals surface area contributed by atoms with Crippen LogP contribution < -0.4 is 0 Å². The Bertz CT molecular complexity index is 712. The summed E-state index contributed by atoms with van der Waals surface area (Å²) >= 11 is 3.44. The van der Waals surface area contributed by atoms with Gasteiger partial charge in [-0.15, -0.1) is 0 Å². The highest BCUT2D eigenvalue weighted by Gasteiger charge is 2.11. The summed E-state index contributed by atoms with van der Waals surface area (Å²) in [6.45, 7) is 0. The monoisotopic (exact) mass is 313 g/mol. The number of nitrogens with zero attached hydrogens (tertiary/aromatic N) is 1. The molecule has 0 aliphatic carbocycles. The Balaban J connectivity index is 2.04. The molecule has 0 unspecified atom stereocenters. The molecule has 2 aromatic carbocycles. The zero-order valence-corrected chi connectivity index (χ0v) is 11.7. The molecule has 3 rings (SSSR count). The maximum absolute atomic E-state index is 10.3. The molecule has 19 heavy (non-hydrogen) atoms. The van der Waals surface area contributed by atoms with Gasteiger partial charge in [0.05, 0.1) is 11.2 Å². The van der Waals surface area contributed by atoms with Crippen LogP contribution in [0.25, 0.3) is 10.9 Å². The van der Waals surface area contributed by atoms with E-state index in [-0.39, 0.29) is 0 Å². The number of fused-ring (bicyclic) bond motifs is 1. The predicted molar refractivity (Wildman–Crippen MR) is 79.9 cm³/mol. The lowest BCUT2D eigenvalue weighted by Crippen LogP contribution is -2.02. The van der Waals surface area contributed by atoms with Crippen LogP contribution in [0.1, 0.15) is 17.4 Å². The predicted octanol–water partition coefficient (Wildman–Crippen LogP) is 4.08. The molecule has 0 saturated heterocycles. The number of pyridine rings is 1. The van der Waals surface area contributed by atoms with E-state index in [4.69, 9.17) is 0 Å². The number of aliphatic hydroxyl groups excluding tert-OH is 1. The van der Waals surface area contributed by atoms with Crippen LogP contribution >= 0.6 is 15.9 Å². The molecule has 1 aromatic heterocycles. The highest BCUT2D eigenvalue weighted by Crippen LogP contribution is 2.24. The van der Waals surface area contributed by atoms with Crippen molar-refractivity contribution < 1.29 is 5.11 Å². The second kappa shape index (κ2) is 5.11. The van der Waals surface area contributed by atoms with Crippen LogP contribution in [0.3, 0.4) is 0 Å². The molecule has 0 aliphatic heterocycles. The molecule has 0 aliphatic rings. The molecule has 0 radical (unpaired) electrons. The molecule has 0 saturated carbocycles. The van der Waals surface area contributed by atoms with Crippen molar-refractivity contribution in [2.45, 2.75) is 6.10 Å². The van der Waals surface area contributed by atoms with Gasteiger partial charge in [0.1, 0.15) is 6.10 Å². The zero-order chi connectivity index (χ0) is 13.2. The average molecular weight is 314 g/mol. The lowest BCUT2D eigenvalue weighted by Gasteiger charge is -2.11.